The third kappa shape index (κ3) is 3.61. The molecule has 0 saturated carbocycles. The highest BCUT2D eigenvalue weighted by Crippen LogP contribution is 2.37. The molecule has 0 spiro atoms. The number of carbonyl (C=O) groups excluding carboxylic acids is 1. The van der Waals surface area contributed by atoms with Crippen molar-refractivity contribution >= 4 is 27.3 Å². The van der Waals surface area contributed by atoms with Gasteiger partial charge in [-0.3, -0.25) is 14.2 Å². The number of ketones is 1. The van der Waals surface area contributed by atoms with Crippen molar-refractivity contribution in [2.75, 3.05) is 7.11 Å². The second-order valence-corrected chi connectivity index (χ2v) is 8.63. The second-order valence-electron chi connectivity index (χ2n) is 7.43. The predicted molar refractivity (Wildman–Crippen MR) is 115 cm³/mol. The number of hydrogen-bond donors (Lipinski definition) is 0. The van der Waals surface area contributed by atoms with Crippen molar-refractivity contribution in [2.45, 2.75) is 53.5 Å². The fourth-order valence-electron chi connectivity index (χ4n) is 3.52. The summed E-state index contributed by atoms with van der Waals surface area (Å²) in [5.74, 6) is 1.71. The molecule has 0 aliphatic heterocycles. The summed E-state index contributed by atoms with van der Waals surface area (Å²) in [5.41, 5.74) is 2.86. The van der Waals surface area contributed by atoms with Crippen molar-refractivity contribution in [3.8, 4) is 16.9 Å². The summed E-state index contributed by atoms with van der Waals surface area (Å²) in [5, 5.41) is 0.639. The van der Waals surface area contributed by atoms with Crippen LogP contribution in [0.2, 0.25) is 0 Å². The van der Waals surface area contributed by atoms with E-state index in [0.29, 0.717) is 18.4 Å². The first kappa shape index (κ1) is 20.3. The third-order valence-corrected chi connectivity index (χ3v) is 5.90. The number of methoxy groups -OCH3 is 1. The molecule has 1 aromatic carbocycles. The Morgan fingerprint density at radius 3 is 2.57 bits per heavy atom. The van der Waals surface area contributed by atoms with E-state index in [1.807, 2.05) is 45.9 Å². The van der Waals surface area contributed by atoms with Crippen LogP contribution in [0.25, 0.3) is 21.3 Å². The van der Waals surface area contributed by atoms with Crippen LogP contribution in [0, 0.1) is 13.8 Å². The maximum absolute atomic E-state index is 13.5. The van der Waals surface area contributed by atoms with E-state index in [1.165, 1.54) is 0 Å². The van der Waals surface area contributed by atoms with Crippen LogP contribution in [0.5, 0.6) is 5.75 Å². The Bertz CT molecular complexity index is 1110. The van der Waals surface area contributed by atoms with Gasteiger partial charge in [-0.1, -0.05) is 19.9 Å². The first-order valence-electron chi connectivity index (χ1n) is 9.42. The van der Waals surface area contributed by atoms with Crippen molar-refractivity contribution in [1.82, 2.24) is 9.55 Å². The molecule has 0 bridgehead atoms. The normalized spacial score (nSPS) is 11.4. The van der Waals surface area contributed by atoms with Gasteiger partial charge in [0, 0.05) is 29.3 Å². The summed E-state index contributed by atoms with van der Waals surface area (Å²) in [4.78, 5) is 31.6. The van der Waals surface area contributed by atoms with Crippen molar-refractivity contribution in [3.63, 3.8) is 0 Å². The van der Waals surface area contributed by atoms with Gasteiger partial charge in [0.15, 0.2) is 0 Å². The number of thiophene rings is 1. The molecule has 0 amide bonds. The Morgan fingerprint density at radius 1 is 1.29 bits per heavy atom. The first-order chi connectivity index (χ1) is 13.2. The molecule has 0 saturated heterocycles. The predicted octanol–water partition coefficient (Wildman–Crippen LogP) is 4.85. The van der Waals surface area contributed by atoms with Gasteiger partial charge in [-0.05, 0) is 44.0 Å². The topological polar surface area (TPSA) is 61.2 Å². The van der Waals surface area contributed by atoms with Crippen LogP contribution in [0.3, 0.4) is 0 Å². The fourth-order valence-corrected chi connectivity index (χ4v) is 4.56. The average molecular weight is 399 g/mol. The minimum absolute atomic E-state index is 0.0641. The first-order valence-corrected chi connectivity index (χ1v) is 10.2. The molecule has 28 heavy (non-hydrogen) atoms. The molecule has 3 aromatic rings. The molecule has 0 N–H and O–H groups in total. The van der Waals surface area contributed by atoms with Crippen molar-refractivity contribution in [3.05, 3.63) is 44.8 Å². The van der Waals surface area contributed by atoms with Gasteiger partial charge in [-0.25, -0.2) is 4.98 Å². The van der Waals surface area contributed by atoms with E-state index >= 15 is 0 Å². The van der Waals surface area contributed by atoms with Gasteiger partial charge >= 0.3 is 0 Å². The Balaban J connectivity index is 2.29. The number of fused-ring (bicyclic) bond motifs is 1. The molecule has 5 nitrogen and oxygen atoms in total. The van der Waals surface area contributed by atoms with Crippen LogP contribution < -0.4 is 10.3 Å². The second kappa shape index (κ2) is 7.87. The quantitative estimate of drug-likeness (QED) is 0.595. The van der Waals surface area contributed by atoms with E-state index in [4.69, 9.17) is 9.72 Å². The van der Waals surface area contributed by atoms with Gasteiger partial charge < -0.3 is 4.74 Å². The zero-order valence-corrected chi connectivity index (χ0v) is 18.1. The zero-order chi connectivity index (χ0) is 20.6. The molecule has 0 unspecified atom stereocenters. The maximum Gasteiger partial charge on any atom is 0.262 e. The summed E-state index contributed by atoms with van der Waals surface area (Å²) in [6.45, 7) is 9.97. The zero-order valence-electron chi connectivity index (χ0n) is 17.3. The van der Waals surface area contributed by atoms with E-state index in [1.54, 1.807) is 29.9 Å². The van der Waals surface area contributed by atoms with Gasteiger partial charge in [-0.2, -0.15) is 0 Å². The molecule has 0 radical (unpaired) electrons. The number of Topliss-reactive ketones (excluding diaryl/α,β-unsaturated/α-hetero) is 1. The van der Waals surface area contributed by atoms with Gasteiger partial charge in [-0.15, -0.1) is 11.3 Å². The van der Waals surface area contributed by atoms with Gasteiger partial charge in [0.2, 0.25) is 0 Å². The van der Waals surface area contributed by atoms with Gasteiger partial charge in [0.05, 0.1) is 12.5 Å². The van der Waals surface area contributed by atoms with Crippen LogP contribution in [0.4, 0.5) is 0 Å². The molecular formula is C22H26N2O3S. The molecule has 0 fully saturated rings. The lowest BCUT2D eigenvalue weighted by molar-refractivity contribution is -0.117. The monoisotopic (exact) mass is 398 g/mol. The molecule has 0 aliphatic carbocycles. The highest BCUT2D eigenvalue weighted by molar-refractivity contribution is 7.19. The maximum atomic E-state index is 13.5. The van der Waals surface area contributed by atoms with E-state index in [-0.39, 0.29) is 17.3 Å². The van der Waals surface area contributed by atoms with E-state index in [2.05, 4.69) is 0 Å². The van der Waals surface area contributed by atoms with Gasteiger partial charge in [0.25, 0.3) is 5.56 Å². The molecule has 0 atom stereocenters. The average Bonchev–Trinajstić information content (AvgIpc) is 2.96. The molecule has 148 valence electrons. The summed E-state index contributed by atoms with van der Waals surface area (Å²) >= 11 is 1.55. The number of aryl methyl sites for hydroxylation is 2. The van der Waals surface area contributed by atoms with Crippen molar-refractivity contribution < 1.29 is 9.53 Å². The third-order valence-electron chi connectivity index (χ3n) is 4.90. The Kier molecular flexibility index (Phi) is 5.70. The fraction of sp³-hybridized carbons (Fsp3) is 0.409. The summed E-state index contributed by atoms with van der Waals surface area (Å²) in [7, 11) is 1.65. The Hall–Kier alpha value is -2.47. The number of ether oxygens (including phenoxy) is 1. The van der Waals surface area contributed by atoms with Crippen molar-refractivity contribution in [1.29, 1.82) is 0 Å². The van der Waals surface area contributed by atoms with Gasteiger partial charge in [0.1, 0.15) is 22.2 Å². The number of rotatable bonds is 6. The molecular weight excluding hydrogens is 372 g/mol. The minimum atomic E-state index is -0.0669. The molecule has 2 aromatic heterocycles. The number of aromatic nitrogens is 2. The van der Waals surface area contributed by atoms with Crippen LogP contribution in [-0.2, 0) is 11.3 Å². The van der Waals surface area contributed by atoms with Crippen LogP contribution in [0.15, 0.2) is 23.0 Å². The lowest BCUT2D eigenvalue weighted by atomic mass is 10.0. The summed E-state index contributed by atoms with van der Waals surface area (Å²) in [6, 6.07) is 5.96. The van der Waals surface area contributed by atoms with E-state index in [0.717, 1.165) is 38.0 Å². The van der Waals surface area contributed by atoms with E-state index in [9.17, 15) is 9.59 Å². The standard InChI is InChI=1S/C22H26N2O3S/c1-12(2)20-23-21-19(22(26)24(20)10-9-14(4)25)18(15(5)28-21)16-7-8-17(27-6)13(3)11-16/h7-8,11-12H,9-10H2,1-6H3. The molecule has 6 heteroatoms. The molecule has 3 rings (SSSR count). The SMILES string of the molecule is COc1ccc(-c2c(C)sc3nc(C(C)C)n(CCC(C)=O)c(=O)c23)cc1C. The van der Waals surface area contributed by atoms with Crippen molar-refractivity contribution in [2.24, 2.45) is 0 Å². The highest BCUT2D eigenvalue weighted by Gasteiger charge is 2.21. The van der Waals surface area contributed by atoms with Crippen LogP contribution >= 0.6 is 11.3 Å². The Labute approximate surface area is 169 Å². The lowest BCUT2D eigenvalue weighted by Gasteiger charge is -2.15. The molecule has 0 aliphatic rings. The number of benzene rings is 1. The summed E-state index contributed by atoms with van der Waals surface area (Å²) in [6.07, 6.45) is 0.326. The summed E-state index contributed by atoms with van der Waals surface area (Å²) < 4.78 is 7.05. The smallest absolute Gasteiger partial charge is 0.262 e. The van der Waals surface area contributed by atoms with E-state index < -0.39 is 0 Å². The number of carbonyl (C=O) groups is 1. The van der Waals surface area contributed by atoms with Crippen LogP contribution in [0.1, 0.15) is 49.4 Å². The van der Waals surface area contributed by atoms with Crippen LogP contribution in [-0.4, -0.2) is 22.4 Å². The Morgan fingerprint density at radius 2 is 2.00 bits per heavy atom. The number of nitrogens with zero attached hydrogens (tertiary/aromatic N) is 2. The minimum Gasteiger partial charge on any atom is -0.496 e. The number of hydrogen-bond acceptors (Lipinski definition) is 5. The lowest BCUT2D eigenvalue weighted by Crippen LogP contribution is -2.26. The highest BCUT2D eigenvalue weighted by atomic mass is 32.1. The largest absolute Gasteiger partial charge is 0.496 e. The molecule has 2 heterocycles.